The highest BCUT2D eigenvalue weighted by Crippen LogP contribution is 2.22. The third-order valence-corrected chi connectivity index (χ3v) is 4.03. The van der Waals surface area contributed by atoms with Gasteiger partial charge in [-0.1, -0.05) is 6.07 Å². The summed E-state index contributed by atoms with van der Waals surface area (Å²) in [6.45, 7) is 2.29. The number of rotatable bonds is 2. The zero-order chi connectivity index (χ0) is 11.7. The normalized spacial score (nSPS) is 20.9. The minimum Gasteiger partial charge on any atom is -0.316 e. The lowest BCUT2D eigenvalue weighted by atomic mass is 9.96. The van der Waals surface area contributed by atoms with Crippen molar-refractivity contribution in [3.8, 4) is 0 Å². The van der Waals surface area contributed by atoms with Gasteiger partial charge in [-0.15, -0.1) is 0 Å². The largest absolute Gasteiger partial charge is 0.316 e. The Hall–Kier alpha value is -0.870. The highest BCUT2D eigenvalue weighted by molar-refractivity contribution is 9.10. The van der Waals surface area contributed by atoms with E-state index in [1.807, 2.05) is 6.07 Å². The van der Waals surface area contributed by atoms with Gasteiger partial charge in [0, 0.05) is 12.6 Å². The van der Waals surface area contributed by atoms with Crippen LogP contribution in [0.25, 0.3) is 5.52 Å². The minimum absolute atomic E-state index is 0.724. The molecule has 0 aliphatic carbocycles. The maximum Gasteiger partial charge on any atom is 0.132 e. The highest BCUT2D eigenvalue weighted by Gasteiger charge is 2.17. The Labute approximate surface area is 109 Å². The maximum absolute atomic E-state index is 4.64. The summed E-state index contributed by atoms with van der Waals surface area (Å²) in [5, 5.41) is 3.46. The Morgan fingerprint density at radius 2 is 2.41 bits per heavy atom. The summed E-state index contributed by atoms with van der Waals surface area (Å²) in [6.07, 6.45) is 5.75. The summed E-state index contributed by atoms with van der Waals surface area (Å²) in [7, 11) is 0. The summed E-state index contributed by atoms with van der Waals surface area (Å²) < 4.78 is 3.15. The lowest BCUT2D eigenvalue weighted by Crippen LogP contribution is -2.31. The second-order valence-corrected chi connectivity index (χ2v) is 5.44. The van der Waals surface area contributed by atoms with Crippen LogP contribution in [0.1, 0.15) is 18.7 Å². The number of nitrogens with one attached hydrogen (secondary N) is 1. The van der Waals surface area contributed by atoms with Crippen molar-refractivity contribution in [1.29, 1.82) is 0 Å². The molecule has 3 rings (SSSR count). The van der Waals surface area contributed by atoms with Gasteiger partial charge in [-0.25, -0.2) is 4.98 Å². The monoisotopic (exact) mass is 293 g/mol. The molecule has 1 aliphatic heterocycles. The van der Waals surface area contributed by atoms with E-state index in [0.717, 1.165) is 29.0 Å². The lowest BCUT2D eigenvalue weighted by Gasteiger charge is -2.21. The summed E-state index contributed by atoms with van der Waals surface area (Å²) >= 11 is 3.53. The minimum atomic E-state index is 0.724. The first-order chi connectivity index (χ1) is 8.34. The summed E-state index contributed by atoms with van der Waals surface area (Å²) in [5.74, 6) is 1.89. The van der Waals surface area contributed by atoms with Crippen LogP contribution >= 0.6 is 15.9 Å². The fourth-order valence-electron chi connectivity index (χ4n) is 2.56. The van der Waals surface area contributed by atoms with Crippen molar-refractivity contribution >= 4 is 21.4 Å². The van der Waals surface area contributed by atoms with E-state index in [4.69, 9.17) is 0 Å². The van der Waals surface area contributed by atoms with Gasteiger partial charge in [-0.05, 0) is 59.9 Å². The summed E-state index contributed by atoms with van der Waals surface area (Å²) in [6, 6.07) is 6.21. The van der Waals surface area contributed by atoms with Gasteiger partial charge in [0.05, 0.1) is 5.52 Å². The Morgan fingerprint density at radius 3 is 3.24 bits per heavy atom. The van der Waals surface area contributed by atoms with Gasteiger partial charge in [0.15, 0.2) is 0 Å². The number of aromatic nitrogens is 2. The van der Waals surface area contributed by atoms with Crippen molar-refractivity contribution < 1.29 is 0 Å². The van der Waals surface area contributed by atoms with Crippen molar-refractivity contribution in [2.24, 2.45) is 5.92 Å². The number of nitrogens with zero attached hydrogens (tertiary/aromatic N) is 2. The molecule has 1 atom stereocenters. The van der Waals surface area contributed by atoms with E-state index in [2.05, 4.69) is 49.0 Å². The maximum atomic E-state index is 4.64. The van der Waals surface area contributed by atoms with Crippen LogP contribution in [0.4, 0.5) is 0 Å². The Balaban J connectivity index is 1.89. The second kappa shape index (κ2) is 4.78. The van der Waals surface area contributed by atoms with Gasteiger partial charge < -0.3 is 9.72 Å². The van der Waals surface area contributed by atoms with Gasteiger partial charge in [0.2, 0.25) is 0 Å². The van der Waals surface area contributed by atoms with E-state index in [1.165, 1.54) is 25.2 Å². The number of imidazole rings is 1. The summed E-state index contributed by atoms with van der Waals surface area (Å²) in [4.78, 5) is 4.64. The van der Waals surface area contributed by atoms with E-state index in [9.17, 15) is 0 Å². The molecule has 0 amide bonds. The predicted molar refractivity (Wildman–Crippen MR) is 72.2 cm³/mol. The van der Waals surface area contributed by atoms with Gasteiger partial charge in [0.1, 0.15) is 10.4 Å². The van der Waals surface area contributed by atoms with Gasteiger partial charge in [-0.2, -0.15) is 0 Å². The van der Waals surface area contributed by atoms with Gasteiger partial charge in [0.25, 0.3) is 0 Å². The smallest absolute Gasteiger partial charge is 0.132 e. The molecule has 1 saturated heterocycles. The molecule has 0 aromatic carbocycles. The molecule has 2 aromatic rings. The van der Waals surface area contributed by atoms with Crippen LogP contribution in [0.15, 0.2) is 29.0 Å². The number of halogens is 1. The number of fused-ring (bicyclic) bond motifs is 1. The van der Waals surface area contributed by atoms with Gasteiger partial charge >= 0.3 is 0 Å². The standard InChI is InChI=1S/C13H16BrN3/c14-13-11-5-1-2-7-17(11)12(16-13)8-10-4-3-6-15-9-10/h1-2,5,7,10,15H,3-4,6,8-9H2. The average molecular weight is 294 g/mol. The van der Waals surface area contributed by atoms with Crippen molar-refractivity contribution in [1.82, 2.24) is 14.7 Å². The van der Waals surface area contributed by atoms with Crippen LogP contribution in [0.3, 0.4) is 0 Å². The Kier molecular flexibility index (Phi) is 3.16. The molecule has 0 saturated carbocycles. The van der Waals surface area contributed by atoms with Crippen molar-refractivity contribution in [2.45, 2.75) is 19.3 Å². The molecule has 17 heavy (non-hydrogen) atoms. The van der Waals surface area contributed by atoms with E-state index >= 15 is 0 Å². The quantitative estimate of drug-likeness (QED) is 0.922. The molecule has 2 aromatic heterocycles. The average Bonchev–Trinajstić information content (AvgIpc) is 2.69. The number of piperidine rings is 1. The zero-order valence-electron chi connectivity index (χ0n) is 9.69. The second-order valence-electron chi connectivity index (χ2n) is 4.69. The molecule has 0 bridgehead atoms. The highest BCUT2D eigenvalue weighted by atomic mass is 79.9. The van der Waals surface area contributed by atoms with Crippen LogP contribution in [-0.4, -0.2) is 22.5 Å². The van der Waals surface area contributed by atoms with Crippen LogP contribution in [0.5, 0.6) is 0 Å². The molecule has 1 unspecified atom stereocenters. The fraction of sp³-hybridized carbons (Fsp3) is 0.462. The third-order valence-electron chi connectivity index (χ3n) is 3.45. The van der Waals surface area contributed by atoms with Crippen molar-refractivity contribution in [3.05, 3.63) is 34.8 Å². The SMILES string of the molecule is Brc1nc(CC2CCCNC2)n2ccccc12. The number of pyridine rings is 1. The van der Waals surface area contributed by atoms with Crippen LogP contribution in [0.2, 0.25) is 0 Å². The Morgan fingerprint density at radius 1 is 1.47 bits per heavy atom. The van der Waals surface area contributed by atoms with E-state index in [-0.39, 0.29) is 0 Å². The molecule has 0 radical (unpaired) electrons. The topological polar surface area (TPSA) is 29.3 Å². The van der Waals surface area contributed by atoms with Crippen LogP contribution in [-0.2, 0) is 6.42 Å². The van der Waals surface area contributed by atoms with Gasteiger partial charge in [-0.3, -0.25) is 0 Å². The molecule has 1 fully saturated rings. The zero-order valence-corrected chi connectivity index (χ0v) is 11.3. The third kappa shape index (κ3) is 2.24. The molecular weight excluding hydrogens is 278 g/mol. The first-order valence-corrected chi connectivity index (χ1v) is 6.96. The van der Waals surface area contributed by atoms with Crippen molar-refractivity contribution in [3.63, 3.8) is 0 Å². The lowest BCUT2D eigenvalue weighted by molar-refractivity contribution is 0.370. The van der Waals surface area contributed by atoms with Crippen LogP contribution in [0, 0.1) is 5.92 Å². The number of hydrogen-bond acceptors (Lipinski definition) is 2. The first-order valence-electron chi connectivity index (χ1n) is 6.17. The molecule has 3 nitrogen and oxygen atoms in total. The molecular formula is C13H16BrN3. The number of hydrogen-bond donors (Lipinski definition) is 1. The van der Waals surface area contributed by atoms with Crippen LogP contribution < -0.4 is 5.32 Å². The van der Waals surface area contributed by atoms with E-state index < -0.39 is 0 Å². The molecule has 3 heterocycles. The van der Waals surface area contributed by atoms with E-state index in [1.54, 1.807) is 0 Å². The first kappa shape index (κ1) is 11.2. The van der Waals surface area contributed by atoms with Crippen molar-refractivity contribution in [2.75, 3.05) is 13.1 Å². The predicted octanol–water partition coefficient (Wildman–Crippen LogP) is 2.64. The molecule has 90 valence electrons. The Bertz CT molecular complexity index is 514. The van der Waals surface area contributed by atoms with E-state index in [0.29, 0.717) is 0 Å². The fourth-order valence-corrected chi connectivity index (χ4v) is 3.09. The molecule has 0 spiro atoms. The summed E-state index contributed by atoms with van der Waals surface area (Å²) in [5.41, 5.74) is 1.16. The molecule has 4 heteroatoms. The molecule has 1 N–H and O–H groups in total. The molecule has 1 aliphatic rings.